The average molecular weight is 376 g/mol. The number of piperidine rings is 1. The fourth-order valence-electron chi connectivity index (χ4n) is 2.86. The lowest BCUT2D eigenvalue weighted by atomic mass is 10.1. The van der Waals surface area contributed by atoms with Gasteiger partial charge in [-0.05, 0) is 31.4 Å². The van der Waals surface area contributed by atoms with Crippen LogP contribution in [0.3, 0.4) is 0 Å². The summed E-state index contributed by atoms with van der Waals surface area (Å²) in [5.41, 5.74) is 1.31. The van der Waals surface area contributed by atoms with Crippen molar-refractivity contribution in [1.29, 1.82) is 0 Å². The van der Waals surface area contributed by atoms with Gasteiger partial charge in [0.2, 0.25) is 5.89 Å². The number of hydrogen-bond donors (Lipinski definition) is 1. The molecular formula is C18H24N4O3S. The number of ether oxygens (including phenoxy) is 1. The minimum atomic E-state index is -0.0872. The molecule has 0 bridgehead atoms. The average Bonchev–Trinajstić information content (AvgIpc) is 3.10. The molecule has 1 aliphatic heterocycles. The number of thioether (sulfide) groups is 1. The van der Waals surface area contributed by atoms with Gasteiger partial charge in [-0.2, -0.15) is 4.98 Å². The molecule has 2 aromatic rings. The second kappa shape index (κ2) is 9.05. The molecule has 2 amide bonds. The zero-order valence-electron chi connectivity index (χ0n) is 15.1. The molecule has 7 nitrogen and oxygen atoms in total. The maximum absolute atomic E-state index is 12.3. The van der Waals surface area contributed by atoms with Crippen LogP contribution in [0, 0.1) is 6.92 Å². The predicted octanol–water partition coefficient (Wildman–Crippen LogP) is 2.99. The van der Waals surface area contributed by atoms with Gasteiger partial charge in [0.05, 0.1) is 6.54 Å². The Kier molecular flexibility index (Phi) is 6.51. The topological polar surface area (TPSA) is 80.5 Å². The van der Waals surface area contributed by atoms with Gasteiger partial charge in [-0.1, -0.05) is 23.4 Å². The van der Waals surface area contributed by atoms with Crippen molar-refractivity contribution in [2.24, 2.45) is 0 Å². The minimum absolute atomic E-state index is 0.0872. The van der Waals surface area contributed by atoms with Crippen molar-refractivity contribution >= 4 is 17.8 Å². The molecule has 8 heteroatoms. The van der Waals surface area contributed by atoms with E-state index in [1.54, 1.807) is 7.11 Å². The first kappa shape index (κ1) is 18.7. The van der Waals surface area contributed by atoms with E-state index in [2.05, 4.69) is 46.6 Å². The highest BCUT2D eigenvalue weighted by molar-refractivity contribution is 8.00. The van der Waals surface area contributed by atoms with Crippen molar-refractivity contribution in [1.82, 2.24) is 20.4 Å². The molecule has 0 aliphatic carbocycles. The number of methoxy groups -OCH3 is 1. The van der Waals surface area contributed by atoms with Crippen LogP contribution in [0.25, 0.3) is 0 Å². The molecule has 0 atom stereocenters. The molecule has 0 radical (unpaired) electrons. The lowest BCUT2D eigenvalue weighted by Gasteiger charge is -2.31. The summed E-state index contributed by atoms with van der Waals surface area (Å²) in [7, 11) is 1.57. The fourth-order valence-corrected chi connectivity index (χ4v) is 4.07. The molecule has 1 N–H and O–H groups in total. The first-order valence-electron chi connectivity index (χ1n) is 8.71. The number of amides is 2. The van der Waals surface area contributed by atoms with E-state index in [0.717, 1.165) is 25.9 Å². The van der Waals surface area contributed by atoms with Crippen molar-refractivity contribution in [3.8, 4) is 0 Å². The van der Waals surface area contributed by atoms with Crippen LogP contribution in [-0.4, -0.2) is 46.5 Å². The quantitative estimate of drug-likeness (QED) is 0.835. The number of nitrogens with one attached hydrogen (secondary N) is 1. The Hall–Kier alpha value is -2.06. The van der Waals surface area contributed by atoms with Crippen molar-refractivity contribution in [2.45, 2.75) is 43.1 Å². The Labute approximate surface area is 157 Å². The number of benzene rings is 1. The van der Waals surface area contributed by atoms with E-state index < -0.39 is 0 Å². The number of carbonyl (C=O) groups excluding carboxylic acids is 1. The summed E-state index contributed by atoms with van der Waals surface area (Å²) >= 11 is 1.92. The van der Waals surface area contributed by atoms with Crippen LogP contribution < -0.4 is 5.32 Å². The third-order valence-corrected chi connectivity index (χ3v) is 5.81. The Bertz CT molecular complexity index is 729. The fraction of sp³-hybridized carbons (Fsp3) is 0.500. The van der Waals surface area contributed by atoms with E-state index in [1.165, 1.54) is 10.5 Å². The van der Waals surface area contributed by atoms with E-state index in [0.29, 0.717) is 23.6 Å². The van der Waals surface area contributed by atoms with Gasteiger partial charge in [0.15, 0.2) is 5.82 Å². The smallest absolute Gasteiger partial charge is 0.317 e. The molecule has 0 spiro atoms. The molecule has 1 saturated heterocycles. The van der Waals surface area contributed by atoms with Crippen molar-refractivity contribution in [2.75, 3.05) is 20.2 Å². The van der Waals surface area contributed by atoms with Crippen LogP contribution in [0.1, 0.15) is 30.1 Å². The lowest BCUT2D eigenvalue weighted by Crippen LogP contribution is -2.44. The predicted molar refractivity (Wildman–Crippen MR) is 98.9 cm³/mol. The van der Waals surface area contributed by atoms with Crippen LogP contribution in [0.15, 0.2) is 33.7 Å². The van der Waals surface area contributed by atoms with Gasteiger partial charge in [-0.25, -0.2) is 4.79 Å². The molecule has 1 aliphatic rings. The summed E-state index contributed by atoms with van der Waals surface area (Å²) < 4.78 is 10.0. The molecule has 2 heterocycles. The number of rotatable bonds is 6. The Morgan fingerprint density at radius 3 is 2.88 bits per heavy atom. The summed E-state index contributed by atoms with van der Waals surface area (Å²) in [5.74, 6) is 0.862. The zero-order chi connectivity index (χ0) is 18.4. The number of nitrogens with zero attached hydrogens (tertiary/aromatic N) is 3. The van der Waals surface area contributed by atoms with E-state index in [-0.39, 0.29) is 12.6 Å². The van der Waals surface area contributed by atoms with Gasteiger partial charge in [-0.15, -0.1) is 11.8 Å². The number of carbonyl (C=O) groups is 1. The summed E-state index contributed by atoms with van der Waals surface area (Å²) in [6.45, 7) is 4.18. The van der Waals surface area contributed by atoms with Crippen LogP contribution in [-0.2, 0) is 17.9 Å². The SMILES string of the molecule is COCc1noc(CNC(=O)N2CCC(Sc3ccccc3C)CC2)n1. The monoisotopic (exact) mass is 376 g/mol. The highest BCUT2D eigenvalue weighted by atomic mass is 32.2. The first-order chi connectivity index (χ1) is 12.7. The number of aryl methyl sites for hydroxylation is 1. The molecule has 1 fully saturated rings. The highest BCUT2D eigenvalue weighted by Gasteiger charge is 2.24. The standard InChI is InChI=1S/C18H24N4O3S/c1-13-5-3-4-6-15(13)26-14-7-9-22(10-8-14)18(23)19-11-17-20-16(12-24-2)21-25-17/h3-6,14H,7-12H2,1-2H3,(H,19,23). The number of aromatic nitrogens is 2. The largest absolute Gasteiger partial charge is 0.377 e. The molecule has 1 aromatic carbocycles. The first-order valence-corrected chi connectivity index (χ1v) is 9.59. The Morgan fingerprint density at radius 1 is 1.38 bits per heavy atom. The maximum atomic E-state index is 12.3. The Morgan fingerprint density at radius 2 is 2.15 bits per heavy atom. The second-order valence-corrected chi connectivity index (χ2v) is 7.61. The summed E-state index contributed by atoms with van der Waals surface area (Å²) in [6.07, 6.45) is 1.98. The second-order valence-electron chi connectivity index (χ2n) is 6.27. The van der Waals surface area contributed by atoms with E-state index in [4.69, 9.17) is 9.26 Å². The molecular weight excluding hydrogens is 352 g/mol. The van der Waals surface area contributed by atoms with Gasteiger partial charge in [-0.3, -0.25) is 0 Å². The van der Waals surface area contributed by atoms with Crippen LogP contribution >= 0.6 is 11.8 Å². The van der Waals surface area contributed by atoms with Gasteiger partial charge < -0.3 is 19.5 Å². The lowest BCUT2D eigenvalue weighted by molar-refractivity contribution is 0.174. The maximum Gasteiger partial charge on any atom is 0.317 e. The summed E-state index contributed by atoms with van der Waals surface area (Å²) in [6, 6.07) is 8.36. The van der Waals surface area contributed by atoms with Gasteiger partial charge in [0, 0.05) is 30.3 Å². The zero-order valence-corrected chi connectivity index (χ0v) is 15.9. The summed E-state index contributed by atoms with van der Waals surface area (Å²) in [4.78, 5) is 19.6. The highest BCUT2D eigenvalue weighted by Crippen LogP contribution is 2.32. The van der Waals surface area contributed by atoms with Crippen LogP contribution in [0.2, 0.25) is 0 Å². The molecule has 3 rings (SSSR count). The number of hydrogen-bond acceptors (Lipinski definition) is 6. The van der Waals surface area contributed by atoms with Gasteiger partial charge >= 0.3 is 6.03 Å². The third-order valence-electron chi connectivity index (χ3n) is 4.29. The third kappa shape index (κ3) is 4.98. The number of likely N-dealkylation sites (tertiary alicyclic amines) is 1. The van der Waals surface area contributed by atoms with Gasteiger partial charge in [0.25, 0.3) is 0 Å². The van der Waals surface area contributed by atoms with Gasteiger partial charge in [0.1, 0.15) is 6.61 Å². The normalized spacial score (nSPS) is 15.2. The van der Waals surface area contributed by atoms with Crippen LogP contribution in [0.4, 0.5) is 4.79 Å². The molecule has 140 valence electrons. The molecule has 0 saturated carbocycles. The summed E-state index contributed by atoms with van der Waals surface area (Å²) in [5, 5.41) is 7.16. The minimum Gasteiger partial charge on any atom is -0.377 e. The van der Waals surface area contributed by atoms with Crippen molar-refractivity contribution < 1.29 is 14.1 Å². The molecule has 0 unspecified atom stereocenters. The number of urea groups is 1. The Balaban J connectivity index is 1.42. The van der Waals surface area contributed by atoms with Crippen LogP contribution in [0.5, 0.6) is 0 Å². The van der Waals surface area contributed by atoms with E-state index in [9.17, 15) is 4.79 Å². The van der Waals surface area contributed by atoms with Crippen molar-refractivity contribution in [3.63, 3.8) is 0 Å². The molecule has 1 aromatic heterocycles. The van der Waals surface area contributed by atoms with Crippen molar-refractivity contribution in [3.05, 3.63) is 41.5 Å². The molecule has 26 heavy (non-hydrogen) atoms. The van der Waals surface area contributed by atoms with E-state index >= 15 is 0 Å². The van der Waals surface area contributed by atoms with E-state index in [1.807, 2.05) is 16.7 Å².